The van der Waals surface area contributed by atoms with E-state index in [-0.39, 0.29) is 6.54 Å². The molecule has 0 radical (unpaired) electrons. The standard InChI is InChI=1S/C8H15F3N2/c9-8(10,11)2-4-13-5-7(6-13)1-3-12/h7H,1-6,12H2. The average Bonchev–Trinajstić information content (AvgIpc) is 1.91. The molecule has 13 heavy (non-hydrogen) atoms. The van der Waals surface area contributed by atoms with Crippen LogP contribution in [-0.4, -0.2) is 37.3 Å². The van der Waals surface area contributed by atoms with Crippen LogP contribution in [0.15, 0.2) is 0 Å². The largest absolute Gasteiger partial charge is 0.390 e. The lowest BCUT2D eigenvalue weighted by Gasteiger charge is -2.39. The lowest BCUT2D eigenvalue weighted by Crippen LogP contribution is -2.48. The maximum Gasteiger partial charge on any atom is 0.390 e. The van der Waals surface area contributed by atoms with Crippen molar-refractivity contribution in [2.75, 3.05) is 26.2 Å². The van der Waals surface area contributed by atoms with Crippen molar-refractivity contribution in [1.82, 2.24) is 4.90 Å². The highest BCUT2D eigenvalue weighted by Gasteiger charge is 2.31. The number of alkyl halides is 3. The van der Waals surface area contributed by atoms with Gasteiger partial charge in [-0.1, -0.05) is 0 Å². The molecule has 0 saturated carbocycles. The van der Waals surface area contributed by atoms with E-state index in [9.17, 15) is 13.2 Å². The van der Waals surface area contributed by atoms with Crippen LogP contribution in [0.2, 0.25) is 0 Å². The van der Waals surface area contributed by atoms with Gasteiger partial charge in [-0.2, -0.15) is 13.2 Å². The number of hydrogen-bond donors (Lipinski definition) is 1. The van der Waals surface area contributed by atoms with Gasteiger partial charge in [0.05, 0.1) is 6.42 Å². The topological polar surface area (TPSA) is 29.3 Å². The van der Waals surface area contributed by atoms with Gasteiger partial charge in [0.15, 0.2) is 0 Å². The summed E-state index contributed by atoms with van der Waals surface area (Å²) in [5.74, 6) is 0.526. The predicted octanol–water partition coefficient (Wildman–Crippen LogP) is 1.22. The summed E-state index contributed by atoms with van der Waals surface area (Å²) in [6, 6.07) is 0. The number of nitrogens with zero attached hydrogens (tertiary/aromatic N) is 1. The van der Waals surface area contributed by atoms with Gasteiger partial charge in [-0.25, -0.2) is 0 Å². The molecule has 1 saturated heterocycles. The van der Waals surface area contributed by atoms with Crippen molar-refractivity contribution in [1.29, 1.82) is 0 Å². The Balaban J connectivity index is 2.02. The molecule has 1 fully saturated rings. The molecule has 0 bridgehead atoms. The normalized spacial score (nSPS) is 20.3. The Labute approximate surface area is 75.9 Å². The second-order valence-electron chi connectivity index (χ2n) is 3.57. The Morgan fingerprint density at radius 3 is 2.38 bits per heavy atom. The zero-order valence-electron chi connectivity index (χ0n) is 7.48. The molecule has 0 amide bonds. The number of rotatable bonds is 4. The second kappa shape index (κ2) is 4.28. The molecule has 5 heteroatoms. The zero-order chi connectivity index (χ0) is 9.90. The van der Waals surface area contributed by atoms with Crippen molar-refractivity contribution >= 4 is 0 Å². The summed E-state index contributed by atoms with van der Waals surface area (Å²) >= 11 is 0. The van der Waals surface area contributed by atoms with Gasteiger partial charge in [0.1, 0.15) is 0 Å². The van der Waals surface area contributed by atoms with E-state index < -0.39 is 12.6 Å². The van der Waals surface area contributed by atoms with Gasteiger partial charge >= 0.3 is 6.18 Å². The maximum absolute atomic E-state index is 11.8. The molecular formula is C8H15F3N2. The van der Waals surface area contributed by atoms with Crippen molar-refractivity contribution in [2.24, 2.45) is 11.7 Å². The number of nitrogens with two attached hydrogens (primary N) is 1. The quantitative estimate of drug-likeness (QED) is 0.732. The van der Waals surface area contributed by atoms with Gasteiger partial charge in [0.25, 0.3) is 0 Å². The monoisotopic (exact) mass is 196 g/mol. The Morgan fingerprint density at radius 1 is 1.31 bits per heavy atom. The van der Waals surface area contributed by atoms with Gasteiger partial charge in [-0.3, -0.25) is 0 Å². The summed E-state index contributed by atoms with van der Waals surface area (Å²) in [4.78, 5) is 1.83. The van der Waals surface area contributed by atoms with E-state index in [4.69, 9.17) is 5.73 Å². The molecule has 0 aromatic heterocycles. The fraction of sp³-hybridized carbons (Fsp3) is 1.00. The Bertz CT molecular complexity index is 152. The van der Waals surface area contributed by atoms with E-state index in [0.717, 1.165) is 19.5 Å². The molecule has 0 aromatic rings. The smallest absolute Gasteiger partial charge is 0.330 e. The molecule has 0 atom stereocenters. The van der Waals surface area contributed by atoms with Gasteiger partial charge in [0, 0.05) is 19.6 Å². The molecule has 0 unspecified atom stereocenters. The summed E-state index contributed by atoms with van der Waals surface area (Å²) in [6.07, 6.45) is -3.77. The molecule has 0 spiro atoms. The Morgan fingerprint density at radius 2 is 1.92 bits per heavy atom. The van der Waals surface area contributed by atoms with Crippen LogP contribution < -0.4 is 5.73 Å². The number of likely N-dealkylation sites (tertiary alicyclic amines) is 1. The van der Waals surface area contributed by atoms with Gasteiger partial charge in [-0.15, -0.1) is 0 Å². The first kappa shape index (κ1) is 10.8. The van der Waals surface area contributed by atoms with E-state index in [1.807, 2.05) is 4.90 Å². The first-order chi connectivity index (χ1) is 6.01. The Hall–Kier alpha value is -0.290. The summed E-state index contributed by atoms with van der Waals surface area (Å²) in [7, 11) is 0. The summed E-state index contributed by atoms with van der Waals surface area (Å²) < 4.78 is 35.3. The SMILES string of the molecule is NCCC1CN(CCC(F)(F)F)C1. The second-order valence-corrected chi connectivity index (χ2v) is 3.57. The van der Waals surface area contributed by atoms with Crippen molar-refractivity contribution in [3.05, 3.63) is 0 Å². The van der Waals surface area contributed by atoms with Crippen LogP contribution in [-0.2, 0) is 0 Å². The highest BCUT2D eigenvalue weighted by atomic mass is 19.4. The fourth-order valence-corrected chi connectivity index (χ4v) is 1.56. The minimum atomic E-state index is -4.01. The van der Waals surface area contributed by atoms with Gasteiger partial charge in [-0.05, 0) is 18.9 Å². The lowest BCUT2D eigenvalue weighted by atomic mass is 9.96. The third-order valence-corrected chi connectivity index (χ3v) is 2.32. The maximum atomic E-state index is 11.8. The van der Waals surface area contributed by atoms with Crippen LogP contribution in [0.25, 0.3) is 0 Å². The van der Waals surface area contributed by atoms with Gasteiger partial charge in [0.2, 0.25) is 0 Å². The molecule has 1 rings (SSSR count). The summed E-state index contributed by atoms with van der Waals surface area (Å²) in [6.45, 7) is 2.35. The van der Waals surface area contributed by atoms with Gasteiger partial charge < -0.3 is 10.6 Å². The molecule has 0 aromatic carbocycles. The van der Waals surface area contributed by atoms with E-state index >= 15 is 0 Å². The molecule has 1 aliphatic heterocycles. The van der Waals surface area contributed by atoms with Crippen LogP contribution in [0.1, 0.15) is 12.8 Å². The fourth-order valence-electron chi connectivity index (χ4n) is 1.56. The highest BCUT2D eigenvalue weighted by molar-refractivity contribution is 4.80. The average molecular weight is 196 g/mol. The molecule has 1 aliphatic rings. The van der Waals surface area contributed by atoms with Crippen LogP contribution in [0.4, 0.5) is 13.2 Å². The minimum absolute atomic E-state index is 0.143. The zero-order valence-corrected chi connectivity index (χ0v) is 7.48. The number of halogens is 3. The van der Waals surface area contributed by atoms with E-state index in [2.05, 4.69) is 0 Å². The molecule has 2 N–H and O–H groups in total. The van der Waals surface area contributed by atoms with Crippen molar-refractivity contribution in [3.8, 4) is 0 Å². The van der Waals surface area contributed by atoms with Crippen molar-refractivity contribution < 1.29 is 13.2 Å². The van der Waals surface area contributed by atoms with Crippen molar-refractivity contribution in [2.45, 2.75) is 19.0 Å². The molecule has 78 valence electrons. The molecule has 2 nitrogen and oxygen atoms in total. The Kier molecular flexibility index (Phi) is 3.55. The first-order valence-electron chi connectivity index (χ1n) is 4.50. The number of hydrogen-bond acceptors (Lipinski definition) is 2. The van der Waals surface area contributed by atoms with E-state index in [1.54, 1.807) is 0 Å². The first-order valence-corrected chi connectivity index (χ1v) is 4.50. The molecule has 1 heterocycles. The molecular weight excluding hydrogens is 181 g/mol. The third-order valence-electron chi connectivity index (χ3n) is 2.32. The van der Waals surface area contributed by atoms with Crippen LogP contribution in [0.3, 0.4) is 0 Å². The van der Waals surface area contributed by atoms with Crippen LogP contribution >= 0.6 is 0 Å². The molecule has 0 aliphatic carbocycles. The van der Waals surface area contributed by atoms with Crippen LogP contribution in [0.5, 0.6) is 0 Å². The minimum Gasteiger partial charge on any atom is -0.330 e. The highest BCUT2D eigenvalue weighted by Crippen LogP contribution is 2.24. The summed E-state index contributed by atoms with van der Waals surface area (Å²) in [5.41, 5.74) is 5.33. The van der Waals surface area contributed by atoms with Crippen LogP contribution in [0, 0.1) is 5.92 Å². The predicted molar refractivity (Wildman–Crippen MR) is 44.3 cm³/mol. The summed E-state index contributed by atoms with van der Waals surface area (Å²) in [5, 5.41) is 0. The lowest BCUT2D eigenvalue weighted by molar-refractivity contribution is -0.141. The van der Waals surface area contributed by atoms with E-state index in [1.165, 1.54) is 0 Å². The third kappa shape index (κ3) is 3.95. The van der Waals surface area contributed by atoms with Crippen molar-refractivity contribution in [3.63, 3.8) is 0 Å². The van der Waals surface area contributed by atoms with E-state index in [0.29, 0.717) is 12.5 Å².